The van der Waals surface area contributed by atoms with E-state index < -0.39 is 113 Å². The smallest absolute Gasteiger partial charge is 0.479 e. The van der Waals surface area contributed by atoms with E-state index in [9.17, 15) is 63.6 Å². The van der Waals surface area contributed by atoms with Crippen molar-refractivity contribution in [1.29, 1.82) is 0 Å². The number of phosphoric acid groups is 2. The van der Waals surface area contributed by atoms with Crippen LogP contribution in [-0.4, -0.2) is 125 Å². The third-order valence-corrected chi connectivity index (χ3v) is 8.84. The molecule has 2 saturated heterocycles. The van der Waals surface area contributed by atoms with Gasteiger partial charge in [0, 0.05) is 19.2 Å². The number of carboxylic acids is 1. The summed E-state index contributed by atoms with van der Waals surface area (Å²) in [4.78, 5) is 68.5. The van der Waals surface area contributed by atoms with Gasteiger partial charge < -0.3 is 54.8 Å². The fourth-order valence-electron chi connectivity index (χ4n) is 4.20. The standard InChI is InChI=1S/C20H31N3O19P2/c1-7(18(30)31)38-16-12(21-8(2)25)19(40-9(5-24)14(16)28)41-44(35,36)42-43(33,34)37-6-10-13(27)15(29)17(39-10)23-4-3-11(26)22-20(23)32/h3-4,7,9-10,12-17,19,24,27-29H,5-6H2,1-2H3,(H,21,25)(H,30,31)(H,33,34)(H,35,36)(H,22,26,32)/t7-,9?,10-,12?,13-,14?,15-,16?,17-,19?/m1/s1. The summed E-state index contributed by atoms with van der Waals surface area (Å²) in [5.41, 5.74) is -1.79. The molecular formula is C20H31N3O19P2. The number of aromatic nitrogens is 2. The summed E-state index contributed by atoms with van der Waals surface area (Å²) in [6.07, 6.45) is -14.8. The molecule has 7 unspecified atom stereocenters. The minimum Gasteiger partial charge on any atom is -0.479 e. The highest BCUT2D eigenvalue weighted by atomic mass is 31.3. The highest BCUT2D eigenvalue weighted by molar-refractivity contribution is 7.61. The highest BCUT2D eigenvalue weighted by Gasteiger charge is 2.52. The van der Waals surface area contributed by atoms with Crippen LogP contribution in [0.2, 0.25) is 0 Å². The second kappa shape index (κ2) is 14.4. The minimum atomic E-state index is -5.74. The van der Waals surface area contributed by atoms with Crippen LogP contribution in [0.3, 0.4) is 0 Å². The molecule has 9 N–H and O–H groups in total. The molecule has 2 aliphatic heterocycles. The molecule has 12 atom stereocenters. The van der Waals surface area contributed by atoms with Gasteiger partial charge in [0.25, 0.3) is 5.56 Å². The number of amides is 1. The number of carbonyl (C=O) groups excluding carboxylic acids is 1. The van der Waals surface area contributed by atoms with Crippen LogP contribution in [0.1, 0.15) is 20.1 Å². The molecule has 22 nitrogen and oxygen atoms in total. The molecule has 0 aromatic carbocycles. The summed E-state index contributed by atoms with van der Waals surface area (Å²) in [7, 11) is -11.3. The lowest BCUT2D eigenvalue weighted by molar-refractivity contribution is -0.262. The summed E-state index contributed by atoms with van der Waals surface area (Å²) in [5, 5.41) is 51.9. The number of carboxylic acid groups (broad SMARTS) is 1. The number of phosphoric ester groups is 2. The van der Waals surface area contributed by atoms with Crippen LogP contribution in [0.15, 0.2) is 21.9 Å². The van der Waals surface area contributed by atoms with Crippen LogP contribution >= 0.6 is 15.6 Å². The number of hydrogen-bond acceptors (Lipinski definition) is 16. The molecule has 44 heavy (non-hydrogen) atoms. The predicted molar refractivity (Wildman–Crippen MR) is 136 cm³/mol. The molecule has 0 bridgehead atoms. The van der Waals surface area contributed by atoms with E-state index in [1.807, 2.05) is 4.98 Å². The van der Waals surface area contributed by atoms with Crippen molar-refractivity contribution in [3.8, 4) is 0 Å². The van der Waals surface area contributed by atoms with Crippen molar-refractivity contribution in [2.24, 2.45) is 0 Å². The molecule has 2 aliphatic rings. The number of aromatic amines is 1. The fourth-order valence-corrected chi connectivity index (χ4v) is 6.36. The Morgan fingerprint density at radius 3 is 2.32 bits per heavy atom. The van der Waals surface area contributed by atoms with Gasteiger partial charge in [-0.2, -0.15) is 4.31 Å². The van der Waals surface area contributed by atoms with Crippen molar-refractivity contribution in [2.75, 3.05) is 13.2 Å². The zero-order valence-electron chi connectivity index (χ0n) is 22.7. The van der Waals surface area contributed by atoms with Gasteiger partial charge in [-0.1, -0.05) is 0 Å². The van der Waals surface area contributed by atoms with Crippen molar-refractivity contribution in [3.63, 3.8) is 0 Å². The Bertz CT molecular complexity index is 1400. The van der Waals surface area contributed by atoms with E-state index in [1.54, 1.807) is 0 Å². The zero-order chi connectivity index (χ0) is 33.1. The first-order valence-electron chi connectivity index (χ1n) is 12.5. The fraction of sp³-hybridized carbons (Fsp3) is 0.700. The number of H-pyrrole nitrogens is 1. The monoisotopic (exact) mass is 679 g/mol. The first kappa shape index (κ1) is 36.1. The Morgan fingerprint density at radius 2 is 1.75 bits per heavy atom. The van der Waals surface area contributed by atoms with Crippen LogP contribution < -0.4 is 16.6 Å². The van der Waals surface area contributed by atoms with Gasteiger partial charge in [0.1, 0.15) is 42.7 Å². The first-order chi connectivity index (χ1) is 20.4. The van der Waals surface area contributed by atoms with E-state index in [4.69, 9.17) is 18.7 Å². The SMILES string of the molecule is CC(=O)NC1C(OP(=O)(O)OP(=O)(O)OC[C@H]2O[C@@H](n3ccc(=O)[nH]c3=O)[C@H](O)[C@@H]2O)OC(CO)C(O)C1O[C@H](C)C(=O)O. The first-order valence-corrected chi connectivity index (χ1v) is 15.5. The van der Waals surface area contributed by atoms with Gasteiger partial charge in [0.2, 0.25) is 5.91 Å². The molecular weight excluding hydrogens is 648 g/mol. The second-order valence-corrected chi connectivity index (χ2v) is 12.5. The summed E-state index contributed by atoms with van der Waals surface area (Å²) in [6, 6.07) is -0.828. The van der Waals surface area contributed by atoms with E-state index >= 15 is 0 Å². The number of aliphatic carboxylic acids is 1. The number of rotatable bonds is 13. The maximum absolute atomic E-state index is 12.7. The van der Waals surface area contributed by atoms with Gasteiger partial charge in [-0.3, -0.25) is 28.2 Å². The summed E-state index contributed by atoms with van der Waals surface area (Å²) in [5.74, 6) is -2.35. The molecule has 0 spiro atoms. The van der Waals surface area contributed by atoms with E-state index in [0.717, 1.165) is 26.1 Å². The van der Waals surface area contributed by atoms with Crippen LogP contribution in [0.4, 0.5) is 0 Å². The second-order valence-electron chi connectivity index (χ2n) is 9.51. The Kier molecular flexibility index (Phi) is 11.8. The van der Waals surface area contributed by atoms with Gasteiger partial charge in [-0.15, -0.1) is 0 Å². The molecule has 0 saturated carbocycles. The zero-order valence-corrected chi connectivity index (χ0v) is 24.5. The molecule has 0 radical (unpaired) electrons. The molecule has 24 heteroatoms. The quantitative estimate of drug-likeness (QED) is 0.0893. The number of aliphatic hydroxyl groups excluding tert-OH is 4. The van der Waals surface area contributed by atoms with E-state index in [0.29, 0.717) is 4.57 Å². The predicted octanol–water partition coefficient (Wildman–Crippen LogP) is -4.15. The average Bonchev–Trinajstić information content (AvgIpc) is 3.18. The molecule has 3 rings (SSSR count). The topological polar surface area (TPSA) is 332 Å². The molecule has 1 amide bonds. The summed E-state index contributed by atoms with van der Waals surface area (Å²) < 4.78 is 55.3. The summed E-state index contributed by atoms with van der Waals surface area (Å²) >= 11 is 0. The van der Waals surface area contributed by atoms with Gasteiger partial charge in [-0.05, 0) is 6.92 Å². The molecule has 0 aliphatic carbocycles. The molecule has 3 heterocycles. The van der Waals surface area contributed by atoms with E-state index in [-0.39, 0.29) is 0 Å². The van der Waals surface area contributed by atoms with Crippen LogP contribution in [0.5, 0.6) is 0 Å². The van der Waals surface area contributed by atoms with Crippen LogP contribution in [0, 0.1) is 0 Å². The molecule has 1 aromatic heterocycles. The van der Waals surface area contributed by atoms with Crippen LogP contribution in [-0.2, 0) is 46.3 Å². The average molecular weight is 679 g/mol. The van der Waals surface area contributed by atoms with Gasteiger partial charge in [-0.25, -0.2) is 18.7 Å². The van der Waals surface area contributed by atoms with Crippen molar-refractivity contribution in [3.05, 3.63) is 33.1 Å². The number of aliphatic hydroxyl groups is 4. The maximum Gasteiger partial charge on any atom is 0.483 e. The normalized spacial score (nSPS) is 34.0. The van der Waals surface area contributed by atoms with E-state index in [2.05, 4.69) is 14.2 Å². The van der Waals surface area contributed by atoms with Gasteiger partial charge in [0.15, 0.2) is 18.6 Å². The third kappa shape index (κ3) is 8.86. The Hall–Kier alpha value is -2.40. The highest BCUT2D eigenvalue weighted by Crippen LogP contribution is 2.61. The lowest BCUT2D eigenvalue weighted by atomic mass is 9.96. The maximum atomic E-state index is 12.7. The summed E-state index contributed by atoms with van der Waals surface area (Å²) in [6.45, 7) is -0.00580. The number of nitrogens with one attached hydrogen (secondary N) is 2. The minimum absolute atomic E-state index is 0.709. The van der Waals surface area contributed by atoms with Crippen molar-refractivity contribution in [1.82, 2.24) is 14.9 Å². The molecule has 2 fully saturated rings. The number of carbonyl (C=O) groups is 2. The lowest BCUT2D eigenvalue weighted by Crippen LogP contribution is -2.65. The Balaban J connectivity index is 1.72. The number of ether oxygens (including phenoxy) is 3. The van der Waals surface area contributed by atoms with E-state index in [1.165, 1.54) is 0 Å². The lowest BCUT2D eigenvalue weighted by Gasteiger charge is -2.44. The molecule has 250 valence electrons. The Morgan fingerprint density at radius 1 is 1.09 bits per heavy atom. The van der Waals surface area contributed by atoms with Gasteiger partial charge in [0.05, 0.1) is 13.2 Å². The van der Waals surface area contributed by atoms with Crippen LogP contribution in [0.25, 0.3) is 0 Å². The molecule has 1 aromatic rings. The number of nitrogens with zero attached hydrogens (tertiary/aromatic N) is 1. The van der Waals surface area contributed by atoms with Crippen molar-refractivity contribution in [2.45, 2.75) is 75.1 Å². The van der Waals surface area contributed by atoms with Crippen molar-refractivity contribution >= 4 is 27.5 Å². The third-order valence-electron chi connectivity index (χ3n) is 6.24. The van der Waals surface area contributed by atoms with Crippen molar-refractivity contribution < 1.29 is 81.6 Å². The van der Waals surface area contributed by atoms with Gasteiger partial charge >= 0.3 is 27.3 Å². The largest absolute Gasteiger partial charge is 0.483 e. The Labute approximate surface area is 245 Å². The number of hydrogen-bond donors (Lipinski definition) is 9.